The summed E-state index contributed by atoms with van der Waals surface area (Å²) in [6, 6.07) is -0.371. The summed E-state index contributed by atoms with van der Waals surface area (Å²) in [6.07, 6.45) is 3.06. The van der Waals surface area contributed by atoms with Gasteiger partial charge in [-0.25, -0.2) is 0 Å². The molecule has 0 aliphatic carbocycles. The number of nitrogens with one attached hydrogen (secondary N) is 1. The third-order valence-electron chi connectivity index (χ3n) is 3.86. The van der Waals surface area contributed by atoms with E-state index in [1.807, 2.05) is 6.92 Å². The largest absolute Gasteiger partial charge is 0.379 e. The van der Waals surface area contributed by atoms with Crippen LogP contribution in [0.25, 0.3) is 0 Å². The summed E-state index contributed by atoms with van der Waals surface area (Å²) in [5, 5.41) is 2.93. The summed E-state index contributed by atoms with van der Waals surface area (Å²) in [7, 11) is 0. The maximum atomic E-state index is 11.7. The Labute approximate surface area is 129 Å². The molecule has 0 aromatic heterocycles. The Morgan fingerprint density at radius 3 is 2.60 bits per heavy atom. The molecule has 0 aromatic carbocycles. The number of unbranched alkanes of at least 4 members (excludes halogenated alkanes) is 1. The number of ether oxygens (including phenoxy) is 1. The number of nitrogens with zero attached hydrogens (tertiary/aromatic N) is 1. The molecular formula is C14H30ClN3O2. The second-order valence-electron chi connectivity index (χ2n) is 5.36. The average Bonchev–Trinajstić information content (AvgIpc) is 2.46. The fourth-order valence-electron chi connectivity index (χ4n) is 2.13. The molecule has 0 bridgehead atoms. The molecule has 20 heavy (non-hydrogen) atoms. The molecule has 5 nitrogen and oxygen atoms in total. The lowest BCUT2D eigenvalue weighted by Gasteiger charge is -2.26. The molecule has 1 aliphatic heterocycles. The fraction of sp³-hybridized carbons (Fsp3) is 0.929. The highest BCUT2D eigenvalue weighted by molar-refractivity contribution is 5.85. The van der Waals surface area contributed by atoms with Crippen LogP contribution in [0.5, 0.6) is 0 Å². The standard InChI is InChI=1S/C14H29N3O2.ClH/c1-3-12(2)13(15)14(18)16-6-4-5-7-17-8-10-19-11-9-17;/h12-13H,3-11,15H2,1-2H3,(H,16,18);1H. The molecule has 0 radical (unpaired) electrons. The molecule has 1 rings (SSSR count). The Bertz CT molecular complexity index is 261. The van der Waals surface area contributed by atoms with Gasteiger partial charge in [0.2, 0.25) is 5.91 Å². The zero-order chi connectivity index (χ0) is 14.1. The summed E-state index contributed by atoms with van der Waals surface area (Å²) in [4.78, 5) is 14.2. The highest BCUT2D eigenvalue weighted by Crippen LogP contribution is 2.05. The minimum atomic E-state index is -0.371. The van der Waals surface area contributed by atoms with Crippen molar-refractivity contribution in [3.8, 4) is 0 Å². The first-order valence-electron chi connectivity index (χ1n) is 7.48. The number of hydrogen-bond donors (Lipinski definition) is 2. The van der Waals surface area contributed by atoms with Gasteiger partial charge in [0.1, 0.15) is 0 Å². The minimum Gasteiger partial charge on any atom is -0.379 e. The molecule has 6 heteroatoms. The number of carbonyl (C=O) groups excluding carboxylic acids is 1. The van der Waals surface area contributed by atoms with Crippen LogP contribution in [0.1, 0.15) is 33.1 Å². The normalized spacial score (nSPS) is 18.9. The monoisotopic (exact) mass is 307 g/mol. The van der Waals surface area contributed by atoms with Crippen molar-refractivity contribution in [3.63, 3.8) is 0 Å². The van der Waals surface area contributed by atoms with E-state index >= 15 is 0 Å². The van der Waals surface area contributed by atoms with Crippen molar-refractivity contribution in [2.75, 3.05) is 39.4 Å². The predicted octanol–water partition coefficient (Wildman–Crippen LogP) is 1.01. The number of rotatable bonds is 8. The summed E-state index contributed by atoms with van der Waals surface area (Å²) in [6.45, 7) is 9.66. The molecule has 0 aromatic rings. The van der Waals surface area contributed by atoms with Crippen molar-refractivity contribution in [1.29, 1.82) is 0 Å². The number of amides is 1. The van der Waals surface area contributed by atoms with Gasteiger partial charge in [-0.2, -0.15) is 0 Å². The Balaban J connectivity index is 0.00000361. The zero-order valence-electron chi connectivity index (χ0n) is 12.8. The van der Waals surface area contributed by atoms with Gasteiger partial charge in [-0.05, 0) is 25.3 Å². The van der Waals surface area contributed by atoms with E-state index in [0.717, 1.165) is 58.7 Å². The Hall–Kier alpha value is -0.360. The molecule has 1 aliphatic rings. The Morgan fingerprint density at radius 1 is 1.35 bits per heavy atom. The van der Waals surface area contributed by atoms with Crippen molar-refractivity contribution in [3.05, 3.63) is 0 Å². The van der Waals surface area contributed by atoms with Gasteiger partial charge in [-0.15, -0.1) is 12.4 Å². The second-order valence-corrected chi connectivity index (χ2v) is 5.36. The van der Waals surface area contributed by atoms with Gasteiger partial charge >= 0.3 is 0 Å². The van der Waals surface area contributed by atoms with Crippen molar-refractivity contribution in [1.82, 2.24) is 10.2 Å². The molecule has 2 atom stereocenters. The first kappa shape index (κ1) is 19.6. The van der Waals surface area contributed by atoms with Crippen LogP contribution >= 0.6 is 12.4 Å². The molecule has 1 saturated heterocycles. The maximum absolute atomic E-state index is 11.7. The molecular weight excluding hydrogens is 278 g/mol. The second kappa shape index (κ2) is 11.3. The van der Waals surface area contributed by atoms with Gasteiger partial charge in [0.05, 0.1) is 19.3 Å². The number of halogens is 1. The van der Waals surface area contributed by atoms with Crippen molar-refractivity contribution in [2.45, 2.75) is 39.2 Å². The first-order valence-corrected chi connectivity index (χ1v) is 7.48. The third kappa shape index (κ3) is 7.43. The zero-order valence-corrected chi connectivity index (χ0v) is 13.6. The maximum Gasteiger partial charge on any atom is 0.237 e. The minimum absolute atomic E-state index is 0. The van der Waals surface area contributed by atoms with E-state index < -0.39 is 0 Å². The summed E-state index contributed by atoms with van der Waals surface area (Å²) in [5.41, 5.74) is 5.87. The lowest BCUT2D eigenvalue weighted by molar-refractivity contribution is -0.123. The van der Waals surface area contributed by atoms with Crippen LogP contribution in [0, 0.1) is 5.92 Å². The van der Waals surface area contributed by atoms with Crippen LogP contribution in [0.4, 0.5) is 0 Å². The number of nitrogens with two attached hydrogens (primary N) is 1. The van der Waals surface area contributed by atoms with Crippen molar-refractivity contribution < 1.29 is 9.53 Å². The highest BCUT2D eigenvalue weighted by Gasteiger charge is 2.18. The van der Waals surface area contributed by atoms with Gasteiger partial charge in [-0.1, -0.05) is 20.3 Å². The lowest BCUT2D eigenvalue weighted by atomic mass is 9.99. The quantitative estimate of drug-likeness (QED) is 0.657. The smallest absolute Gasteiger partial charge is 0.237 e. The van der Waals surface area contributed by atoms with E-state index in [1.165, 1.54) is 0 Å². The van der Waals surface area contributed by atoms with Gasteiger partial charge in [-0.3, -0.25) is 9.69 Å². The van der Waals surface area contributed by atoms with E-state index in [1.54, 1.807) is 0 Å². The molecule has 0 spiro atoms. The van der Waals surface area contributed by atoms with E-state index in [2.05, 4.69) is 17.1 Å². The molecule has 1 heterocycles. The van der Waals surface area contributed by atoms with E-state index in [4.69, 9.17) is 10.5 Å². The number of hydrogen-bond acceptors (Lipinski definition) is 4. The van der Waals surface area contributed by atoms with Gasteiger partial charge in [0, 0.05) is 19.6 Å². The van der Waals surface area contributed by atoms with Crippen LogP contribution in [-0.4, -0.2) is 56.2 Å². The van der Waals surface area contributed by atoms with E-state index in [0.29, 0.717) is 0 Å². The summed E-state index contributed by atoms with van der Waals surface area (Å²) < 4.78 is 5.31. The molecule has 0 saturated carbocycles. The van der Waals surface area contributed by atoms with Gasteiger partial charge in [0.25, 0.3) is 0 Å². The van der Waals surface area contributed by atoms with Crippen LogP contribution in [-0.2, 0) is 9.53 Å². The lowest BCUT2D eigenvalue weighted by Crippen LogP contribution is -2.45. The van der Waals surface area contributed by atoms with Crippen LogP contribution < -0.4 is 11.1 Å². The Kier molecular flexibility index (Phi) is 11.1. The van der Waals surface area contributed by atoms with Gasteiger partial charge in [0.15, 0.2) is 0 Å². The molecule has 120 valence electrons. The van der Waals surface area contributed by atoms with E-state index in [-0.39, 0.29) is 30.3 Å². The fourth-order valence-corrected chi connectivity index (χ4v) is 2.13. The van der Waals surface area contributed by atoms with E-state index in [9.17, 15) is 4.79 Å². The SMILES string of the molecule is CCC(C)C(N)C(=O)NCCCCN1CCOCC1.Cl. The highest BCUT2D eigenvalue weighted by atomic mass is 35.5. The molecule has 3 N–H and O–H groups in total. The summed E-state index contributed by atoms with van der Waals surface area (Å²) >= 11 is 0. The third-order valence-corrected chi connectivity index (χ3v) is 3.86. The predicted molar refractivity (Wildman–Crippen MR) is 84.2 cm³/mol. The van der Waals surface area contributed by atoms with Gasteiger partial charge < -0.3 is 15.8 Å². The summed E-state index contributed by atoms with van der Waals surface area (Å²) in [5.74, 6) is 0.231. The molecule has 1 amide bonds. The van der Waals surface area contributed by atoms with Crippen molar-refractivity contribution >= 4 is 18.3 Å². The topological polar surface area (TPSA) is 67.6 Å². The number of carbonyl (C=O) groups is 1. The average molecular weight is 308 g/mol. The molecule has 2 unspecified atom stereocenters. The van der Waals surface area contributed by atoms with Crippen LogP contribution in [0.2, 0.25) is 0 Å². The Morgan fingerprint density at radius 2 is 2.00 bits per heavy atom. The number of morpholine rings is 1. The first-order chi connectivity index (χ1) is 9.15. The van der Waals surface area contributed by atoms with Crippen LogP contribution in [0.15, 0.2) is 0 Å². The van der Waals surface area contributed by atoms with Crippen LogP contribution in [0.3, 0.4) is 0 Å². The molecule has 1 fully saturated rings. The van der Waals surface area contributed by atoms with Crippen molar-refractivity contribution in [2.24, 2.45) is 11.7 Å².